The third kappa shape index (κ3) is 19.8. The van der Waals surface area contributed by atoms with Gasteiger partial charge in [-0.1, -0.05) is 60.3 Å². The van der Waals surface area contributed by atoms with Crippen LogP contribution < -0.4 is 10.6 Å². The van der Waals surface area contributed by atoms with Crippen molar-refractivity contribution in [2.45, 2.75) is 92.0 Å². The predicted molar refractivity (Wildman–Crippen MR) is 90.1 cm³/mol. The number of unbranched alkanes of at least 4 members (excludes halogenated alkanes) is 5. The number of amides is 1. The second kappa shape index (κ2) is 18.4. The summed E-state index contributed by atoms with van der Waals surface area (Å²) in [6.45, 7) is 12.5. The highest BCUT2D eigenvalue weighted by Gasteiger charge is 2.00. The monoisotopic (exact) mass is 286 g/mol. The van der Waals surface area contributed by atoms with Gasteiger partial charge < -0.3 is 10.6 Å². The summed E-state index contributed by atoms with van der Waals surface area (Å²) in [5.41, 5.74) is 0. The standard InChI is InChI=1S/C15H32N2O.C2H6/c1-4-5-9-13-17-15(18)11-8-6-7-10-12-16-14(2)3;1-2/h14,16H,4-13H2,1-3H3,(H,17,18);1-2H3. The fourth-order valence-electron chi connectivity index (χ4n) is 1.85. The summed E-state index contributed by atoms with van der Waals surface area (Å²) in [5.74, 6) is 0.228. The summed E-state index contributed by atoms with van der Waals surface area (Å²) in [4.78, 5) is 11.5. The molecule has 0 rings (SSSR count). The molecule has 1 amide bonds. The van der Waals surface area contributed by atoms with Crippen LogP contribution in [0.5, 0.6) is 0 Å². The Bertz CT molecular complexity index is 193. The molecule has 0 fully saturated rings. The molecule has 122 valence electrons. The molecule has 0 bridgehead atoms. The van der Waals surface area contributed by atoms with E-state index in [4.69, 9.17) is 0 Å². The number of rotatable bonds is 12. The van der Waals surface area contributed by atoms with E-state index in [0.717, 1.165) is 25.9 Å². The molecule has 0 aliphatic heterocycles. The third-order valence-electron chi connectivity index (χ3n) is 2.99. The number of hydrogen-bond acceptors (Lipinski definition) is 2. The second-order valence-corrected chi connectivity index (χ2v) is 5.33. The normalized spacial score (nSPS) is 10.1. The molecule has 0 aromatic heterocycles. The Morgan fingerprint density at radius 3 is 2.10 bits per heavy atom. The van der Waals surface area contributed by atoms with Gasteiger partial charge in [0.05, 0.1) is 0 Å². The van der Waals surface area contributed by atoms with E-state index in [1.807, 2.05) is 13.8 Å². The van der Waals surface area contributed by atoms with Crippen LogP contribution in [0.2, 0.25) is 0 Å². The van der Waals surface area contributed by atoms with E-state index < -0.39 is 0 Å². The van der Waals surface area contributed by atoms with E-state index in [2.05, 4.69) is 31.4 Å². The Morgan fingerprint density at radius 2 is 1.50 bits per heavy atom. The van der Waals surface area contributed by atoms with E-state index in [-0.39, 0.29) is 5.91 Å². The van der Waals surface area contributed by atoms with E-state index >= 15 is 0 Å². The summed E-state index contributed by atoms with van der Waals surface area (Å²) in [5, 5.41) is 6.39. The van der Waals surface area contributed by atoms with Crippen LogP contribution in [0.15, 0.2) is 0 Å². The van der Waals surface area contributed by atoms with Gasteiger partial charge in [-0.3, -0.25) is 4.79 Å². The lowest BCUT2D eigenvalue weighted by Gasteiger charge is -2.07. The molecule has 0 spiro atoms. The summed E-state index contributed by atoms with van der Waals surface area (Å²) in [6.07, 6.45) is 8.87. The molecule has 0 radical (unpaired) electrons. The summed E-state index contributed by atoms with van der Waals surface area (Å²) < 4.78 is 0. The van der Waals surface area contributed by atoms with Crippen LogP contribution in [0.4, 0.5) is 0 Å². The van der Waals surface area contributed by atoms with E-state index in [9.17, 15) is 4.79 Å². The topological polar surface area (TPSA) is 41.1 Å². The first-order chi connectivity index (χ1) is 9.66. The van der Waals surface area contributed by atoms with E-state index in [0.29, 0.717) is 12.5 Å². The van der Waals surface area contributed by atoms with Crippen LogP contribution in [-0.2, 0) is 4.79 Å². The average molecular weight is 287 g/mol. The zero-order chi connectivity index (χ0) is 15.6. The molecule has 3 heteroatoms. The lowest BCUT2D eigenvalue weighted by Crippen LogP contribution is -2.24. The number of carbonyl (C=O) groups excluding carboxylic acids is 1. The Morgan fingerprint density at radius 1 is 0.900 bits per heavy atom. The van der Waals surface area contributed by atoms with Crippen LogP contribution in [0.1, 0.15) is 86.0 Å². The molecule has 3 nitrogen and oxygen atoms in total. The van der Waals surface area contributed by atoms with Gasteiger partial charge in [0.1, 0.15) is 0 Å². The van der Waals surface area contributed by atoms with E-state index in [1.54, 1.807) is 0 Å². The zero-order valence-corrected chi connectivity index (χ0v) is 14.6. The van der Waals surface area contributed by atoms with Crippen molar-refractivity contribution in [1.29, 1.82) is 0 Å². The maximum Gasteiger partial charge on any atom is 0.219 e. The lowest BCUT2D eigenvalue weighted by atomic mass is 10.1. The van der Waals surface area contributed by atoms with Crippen molar-refractivity contribution >= 4 is 5.91 Å². The van der Waals surface area contributed by atoms with Crippen molar-refractivity contribution in [2.24, 2.45) is 0 Å². The Balaban J connectivity index is 0. The van der Waals surface area contributed by atoms with Gasteiger partial charge in [-0.25, -0.2) is 0 Å². The molecule has 0 aromatic carbocycles. The largest absolute Gasteiger partial charge is 0.356 e. The fourth-order valence-corrected chi connectivity index (χ4v) is 1.85. The van der Waals surface area contributed by atoms with Gasteiger partial charge in [-0.2, -0.15) is 0 Å². The van der Waals surface area contributed by atoms with Gasteiger partial charge in [-0.05, 0) is 25.8 Å². The molecule has 0 saturated heterocycles. The average Bonchev–Trinajstić information content (AvgIpc) is 2.44. The molecular formula is C17H38N2O. The SMILES string of the molecule is CC.CCCCCNC(=O)CCCCCCNC(C)C. The van der Waals surface area contributed by atoms with Crippen molar-refractivity contribution in [3.05, 3.63) is 0 Å². The Hall–Kier alpha value is -0.570. The van der Waals surface area contributed by atoms with Crippen molar-refractivity contribution in [3.63, 3.8) is 0 Å². The maximum atomic E-state index is 11.5. The smallest absolute Gasteiger partial charge is 0.219 e. The highest BCUT2D eigenvalue weighted by atomic mass is 16.1. The molecule has 0 aliphatic carbocycles. The number of carbonyl (C=O) groups is 1. The van der Waals surface area contributed by atoms with E-state index in [1.165, 1.54) is 32.1 Å². The van der Waals surface area contributed by atoms with Gasteiger partial charge in [0, 0.05) is 19.0 Å². The van der Waals surface area contributed by atoms with Gasteiger partial charge in [-0.15, -0.1) is 0 Å². The minimum Gasteiger partial charge on any atom is -0.356 e. The van der Waals surface area contributed by atoms with Crippen molar-refractivity contribution in [2.75, 3.05) is 13.1 Å². The third-order valence-corrected chi connectivity index (χ3v) is 2.99. The molecule has 0 aromatic rings. The van der Waals surface area contributed by atoms with Crippen LogP contribution in [-0.4, -0.2) is 25.0 Å². The van der Waals surface area contributed by atoms with Crippen LogP contribution >= 0.6 is 0 Å². The number of hydrogen-bond donors (Lipinski definition) is 2. The lowest BCUT2D eigenvalue weighted by molar-refractivity contribution is -0.121. The Labute approximate surface area is 127 Å². The van der Waals surface area contributed by atoms with Gasteiger partial charge in [0.2, 0.25) is 5.91 Å². The predicted octanol–water partition coefficient (Wildman–Crippen LogP) is 4.27. The van der Waals surface area contributed by atoms with Crippen LogP contribution in [0.25, 0.3) is 0 Å². The van der Waals surface area contributed by atoms with Crippen LogP contribution in [0, 0.1) is 0 Å². The minimum atomic E-state index is 0.228. The van der Waals surface area contributed by atoms with Crippen molar-refractivity contribution < 1.29 is 4.79 Å². The maximum absolute atomic E-state index is 11.5. The summed E-state index contributed by atoms with van der Waals surface area (Å²) in [7, 11) is 0. The molecule has 0 unspecified atom stereocenters. The first kappa shape index (κ1) is 21.7. The Kier molecular flexibility index (Phi) is 20.0. The molecule has 0 heterocycles. The first-order valence-electron chi connectivity index (χ1n) is 8.67. The highest BCUT2D eigenvalue weighted by molar-refractivity contribution is 5.75. The quantitative estimate of drug-likeness (QED) is 0.526. The van der Waals surface area contributed by atoms with Gasteiger partial charge in [0.25, 0.3) is 0 Å². The molecule has 2 N–H and O–H groups in total. The van der Waals surface area contributed by atoms with Gasteiger partial charge in [0.15, 0.2) is 0 Å². The highest BCUT2D eigenvalue weighted by Crippen LogP contribution is 2.02. The summed E-state index contributed by atoms with van der Waals surface area (Å²) in [6, 6.07) is 0.582. The first-order valence-corrected chi connectivity index (χ1v) is 8.67. The molecule has 0 atom stereocenters. The van der Waals surface area contributed by atoms with Crippen molar-refractivity contribution in [1.82, 2.24) is 10.6 Å². The molecular weight excluding hydrogens is 248 g/mol. The summed E-state index contributed by atoms with van der Waals surface area (Å²) >= 11 is 0. The van der Waals surface area contributed by atoms with Crippen LogP contribution in [0.3, 0.4) is 0 Å². The zero-order valence-electron chi connectivity index (χ0n) is 14.6. The molecule has 0 aliphatic rings. The number of nitrogens with one attached hydrogen (secondary N) is 2. The van der Waals surface area contributed by atoms with Crippen molar-refractivity contribution in [3.8, 4) is 0 Å². The van der Waals surface area contributed by atoms with Gasteiger partial charge >= 0.3 is 0 Å². The second-order valence-electron chi connectivity index (χ2n) is 5.33. The molecule has 0 saturated carbocycles. The minimum absolute atomic E-state index is 0.228. The fraction of sp³-hybridized carbons (Fsp3) is 0.941. The molecule has 20 heavy (non-hydrogen) atoms.